The summed E-state index contributed by atoms with van der Waals surface area (Å²) in [6.45, 7) is 0.607. The minimum absolute atomic E-state index is 0.260. The predicted molar refractivity (Wildman–Crippen MR) is 184 cm³/mol. The maximum absolute atomic E-state index is 16.5. The van der Waals surface area contributed by atoms with Crippen LogP contribution in [-0.2, 0) is 0 Å². The zero-order valence-corrected chi connectivity index (χ0v) is 24.4. The first-order valence-corrected chi connectivity index (χ1v) is 15.3. The molecule has 45 heavy (non-hydrogen) atoms. The van der Waals surface area contributed by atoms with Gasteiger partial charge in [0.25, 0.3) is 0 Å². The molecule has 2 aliphatic heterocycles. The average molecular weight is 582 g/mol. The standard InChI is InChI=1S/C41H28FN3/c42-35-24-30(27-11-3-1-4-12-27)19-20-38(35)45-36-18-10-9-17-32(36)40-33-23-28-13-7-8-14-29(28)25-39(33)44(31-15-5-2-6-16-31)37-21-22-43-26-34(37)41(40)45/h1-25,43H,26H2. The van der Waals surface area contributed by atoms with Crippen molar-refractivity contribution < 1.29 is 4.39 Å². The number of nitrogens with zero attached hydrogens (tertiary/aromatic N) is 2. The Labute approximate surface area is 260 Å². The third-order valence-corrected chi connectivity index (χ3v) is 9.03. The fourth-order valence-electron chi connectivity index (χ4n) is 7.05. The van der Waals surface area contributed by atoms with Crippen molar-refractivity contribution in [3.8, 4) is 27.9 Å². The van der Waals surface area contributed by atoms with Crippen LogP contribution in [-0.4, -0.2) is 11.1 Å². The van der Waals surface area contributed by atoms with Gasteiger partial charge in [-0.3, -0.25) is 0 Å². The maximum Gasteiger partial charge on any atom is 0.147 e. The van der Waals surface area contributed by atoms with Crippen LogP contribution in [0.15, 0.2) is 157 Å². The van der Waals surface area contributed by atoms with Gasteiger partial charge in [-0.15, -0.1) is 0 Å². The van der Waals surface area contributed by atoms with Crippen LogP contribution >= 0.6 is 0 Å². The third-order valence-electron chi connectivity index (χ3n) is 9.03. The summed E-state index contributed by atoms with van der Waals surface area (Å²) in [6.07, 6.45) is 4.17. The summed E-state index contributed by atoms with van der Waals surface area (Å²) in [5, 5.41) is 6.91. The van der Waals surface area contributed by atoms with Crippen LogP contribution in [0.4, 0.5) is 15.8 Å². The topological polar surface area (TPSA) is 20.2 Å². The second-order valence-corrected chi connectivity index (χ2v) is 11.6. The summed E-state index contributed by atoms with van der Waals surface area (Å²) < 4.78 is 18.6. The van der Waals surface area contributed by atoms with E-state index < -0.39 is 0 Å². The number of rotatable bonds is 3. The molecule has 0 unspecified atom stereocenters. The molecule has 3 nitrogen and oxygen atoms in total. The van der Waals surface area contributed by atoms with E-state index in [1.165, 1.54) is 10.8 Å². The SMILES string of the molecule is Fc1cc(-c2ccccc2)ccc1-n1c2c(c3ccccc31)-c1cc3ccccc3cc1N(c1ccccc1)C1=C2CNC=C1. The largest absolute Gasteiger partial charge is 0.387 e. The van der Waals surface area contributed by atoms with E-state index in [0.717, 1.165) is 61.5 Å². The first kappa shape index (κ1) is 25.6. The van der Waals surface area contributed by atoms with Gasteiger partial charge in [0.05, 0.1) is 28.3 Å². The van der Waals surface area contributed by atoms with Gasteiger partial charge in [-0.05, 0) is 76.6 Å². The number of allylic oxidation sites excluding steroid dienone is 1. The molecule has 1 N–H and O–H groups in total. The van der Waals surface area contributed by atoms with Crippen molar-refractivity contribution in [2.24, 2.45) is 0 Å². The van der Waals surface area contributed by atoms with E-state index in [0.29, 0.717) is 12.2 Å². The van der Waals surface area contributed by atoms with Crippen LogP contribution in [0.2, 0.25) is 0 Å². The number of aromatic nitrogens is 1. The fourth-order valence-corrected chi connectivity index (χ4v) is 7.05. The van der Waals surface area contributed by atoms with Gasteiger partial charge in [-0.2, -0.15) is 0 Å². The summed E-state index contributed by atoms with van der Waals surface area (Å²) in [7, 11) is 0. The first-order valence-electron chi connectivity index (χ1n) is 15.3. The highest BCUT2D eigenvalue weighted by Crippen LogP contribution is 2.51. The molecule has 2 aliphatic rings. The summed E-state index contributed by atoms with van der Waals surface area (Å²) in [5.74, 6) is -0.260. The Kier molecular flexibility index (Phi) is 5.75. The lowest BCUT2D eigenvalue weighted by molar-refractivity contribution is 0.619. The molecular weight excluding hydrogens is 553 g/mol. The molecule has 0 radical (unpaired) electrons. The monoisotopic (exact) mass is 581 g/mol. The van der Waals surface area contributed by atoms with Crippen molar-refractivity contribution in [2.75, 3.05) is 11.4 Å². The lowest BCUT2D eigenvalue weighted by atomic mass is 9.95. The third kappa shape index (κ3) is 3.96. The maximum atomic E-state index is 16.5. The molecule has 0 atom stereocenters. The molecule has 7 aromatic rings. The van der Waals surface area contributed by atoms with E-state index >= 15 is 4.39 Å². The van der Waals surface area contributed by atoms with Crippen LogP contribution in [0.25, 0.3) is 55.2 Å². The Morgan fingerprint density at radius 2 is 1.33 bits per heavy atom. The zero-order chi connectivity index (χ0) is 29.9. The second kappa shape index (κ2) is 10.1. The molecular formula is C41H28FN3. The number of halogens is 1. The van der Waals surface area contributed by atoms with E-state index in [4.69, 9.17) is 0 Å². The summed E-state index contributed by atoms with van der Waals surface area (Å²) in [4.78, 5) is 2.36. The second-order valence-electron chi connectivity index (χ2n) is 11.6. The van der Waals surface area contributed by atoms with Crippen LogP contribution in [0.5, 0.6) is 0 Å². The number of nitrogens with one attached hydrogen (secondary N) is 1. The average Bonchev–Trinajstić information content (AvgIpc) is 3.38. The smallest absolute Gasteiger partial charge is 0.147 e. The molecule has 9 rings (SSSR count). The summed E-state index contributed by atoms with van der Waals surface area (Å²) in [5.41, 5.74) is 10.9. The van der Waals surface area contributed by atoms with Gasteiger partial charge in [0.2, 0.25) is 0 Å². The van der Waals surface area contributed by atoms with Gasteiger partial charge in [-0.25, -0.2) is 4.39 Å². The predicted octanol–water partition coefficient (Wildman–Crippen LogP) is 10.2. The molecule has 3 heterocycles. The van der Waals surface area contributed by atoms with E-state index in [1.807, 2.05) is 60.8 Å². The van der Waals surface area contributed by atoms with E-state index in [9.17, 15) is 0 Å². The van der Waals surface area contributed by atoms with E-state index in [-0.39, 0.29) is 5.82 Å². The number of dihydropyridines is 1. The minimum atomic E-state index is -0.260. The number of fused-ring (bicyclic) bond motifs is 7. The van der Waals surface area contributed by atoms with Crippen LogP contribution in [0.1, 0.15) is 5.69 Å². The molecule has 0 aliphatic carbocycles. The molecule has 214 valence electrons. The van der Waals surface area contributed by atoms with Gasteiger partial charge in [0.1, 0.15) is 5.82 Å². The minimum Gasteiger partial charge on any atom is -0.387 e. The Bertz CT molecular complexity index is 2330. The number of benzene rings is 6. The van der Waals surface area contributed by atoms with Crippen molar-refractivity contribution in [2.45, 2.75) is 0 Å². The van der Waals surface area contributed by atoms with Gasteiger partial charge in [-0.1, -0.05) is 97.1 Å². The fraction of sp³-hybridized carbons (Fsp3) is 0.0244. The number of hydrogen-bond acceptors (Lipinski definition) is 2. The first-order chi connectivity index (χ1) is 22.3. The Morgan fingerprint density at radius 3 is 2.13 bits per heavy atom. The Balaban J connectivity index is 1.42. The van der Waals surface area contributed by atoms with Gasteiger partial charge >= 0.3 is 0 Å². The van der Waals surface area contributed by atoms with E-state index in [2.05, 4.69) is 99.7 Å². The number of anilines is 2. The van der Waals surface area contributed by atoms with Crippen molar-refractivity contribution in [1.29, 1.82) is 0 Å². The lowest BCUT2D eigenvalue weighted by Gasteiger charge is -2.30. The van der Waals surface area contributed by atoms with Crippen LogP contribution < -0.4 is 10.2 Å². The van der Waals surface area contributed by atoms with Crippen LogP contribution in [0.3, 0.4) is 0 Å². The van der Waals surface area contributed by atoms with E-state index in [1.54, 1.807) is 6.07 Å². The molecule has 6 aromatic carbocycles. The lowest BCUT2D eigenvalue weighted by Crippen LogP contribution is -2.24. The van der Waals surface area contributed by atoms with Crippen molar-refractivity contribution >= 4 is 38.6 Å². The quantitative estimate of drug-likeness (QED) is 0.224. The molecule has 0 fully saturated rings. The molecule has 4 heteroatoms. The highest BCUT2D eigenvalue weighted by Gasteiger charge is 2.33. The highest BCUT2D eigenvalue weighted by molar-refractivity contribution is 6.12. The summed E-state index contributed by atoms with van der Waals surface area (Å²) >= 11 is 0. The molecule has 0 spiro atoms. The number of hydrogen-bond donors (Lipinski definition) is 1. The van der Waals surface area contributed by atoms with Gasteiger partial charge in [0, 0.05) is 34.3 Å². The number of para-hydroxylation sites is 2. The molecule has 0 bridgehead atoms. The molecule has 1 aromatic heterocycles. The van der Waals surface area contributed by atoms with Gasteiger partial charge < -0.3 is 14.8 Å². The van der Waals surface area contributed by atoms with Gasteiger partial charge in [0.15, 0.2) is 0 Å². The van der Waals surface area contributed by atoms with Crippen molar-refractivity contribution in [3.05, 3.63) is 169 Å². The Hall–Kier alpha value is -5.87. The highest BCUT2D eigenvalue weighted by atomic mass is 19.1. The normalized spacial score (nSPS) is 13.8. The van der Waals surface area contributed by atoms with Crippen LogP contribution in [0, 0.1) is 5.82 Å². The van der Waals surface area contributed by atoms with Crippen molar-refractivity contribution in [1.82, 2.24) is 9.88 Å². The molecule has 0 saturated heterocycles. The molecule has 0 amide bonds. The molecule has 0 saturated carbocycles. The zero-order valence-electron chi connectivity index (χ0n) is 24.4. The van der Waals surface area contributed by atoms with Crippen molar-refractivity contribution in [3.63, 3.8) is 0 Å². The Morgan fingerprint density at radius 1 is 0.622 bits per heavy atom. The summed E-state index contributed by atoms with van der Waals surface area (Å²) in [6, 6.07) is 47.6.